The molecule has 0 unspecified atom stereocenters. The van der Waals surface area contributed by atoms with Gasteiger partial charge in [0.15, 0.2) is 0 Å². The van der Waals surface area contributed by atoms with Gasteiger partial charge in [0.1, 0.15) is 6.54 Å². The van der Waals surface area contributed by atoms with Crippen LogP contribution in [0, 0.1) is 0 Å². The summed E-state index contributed by atoms with van der Waals surface area (Å²) in [6, 6.07) is 9.76. The van der Waals surface area contributed by atoms with Crippen molar-refractivity contribution < 1.29 is 24.3 Å². The Morgan fingerprint density at radius 2 is 1.54 bits per heavy atom. The maximum atomic E-state index is 11.6. The lowest BCUT2D eigenvalue weighted by Crippen LogP contribution is -2.44. The molecule has 0 aliphatic rings. The lowest BCUT2D eigenvalue weighted by atomic mass is 10.2. The third kappa shape index (κ3) is 8.79. The van der Waals surface area contributed by atoms with Crippen LogP contribution in [0.3, 0.4) is 0 Å². The van der Waals surface area contributed by atoms with Crippen LogP contribution in [-0.2, 0) is 24.9 Å². The van der Waals surface area contributed by atoms with Gasteiger partial charge in [0.05, 0.1) is 5.75 Å². The summed E-state index contributed by atoms with van der Waals surface area (Å²) in [7, 11) is 0. The largest absolute Gasteiger partial charge is 0.480 e. The van der Waals surface area contributed by atoms with Gasteiger partial charge in [-0.25, -0.2) is 0 Å². The summed E-state index contributed by atoms with van der Waals surface area (Å²) in [4.78, 5) is 44.3. The molecule has 1 aromatic carbocycles. The number of hydrogen-bond donors (Lipinski definition) is 4. The van der Waals surface area contributed by atoms with Crippen LogP contribution in [0.25, 0.3) is 0 Å². The summed E-state index contributed by atoms with van der Waals surface area (Å²) in [5.41, 5.74) is 1.13. The molecule has 0 radical (unpaired) electrons. The highest BCUT2D eigenvalue weighted by Gasteiger charge is 2.13. The molecule has 9 heteroatoms. The van der Waals surface area contributed by atoms with Crippen LogP contribution in [0.4, 0.5) is 0 Å². The van der Waals surface area contributed by atoms with E-state index in [0.717, 1.165) is 11.3 Å². The number of aliphatic carboxylic acids is 1. The zero-order valence-corrected chi connectivity index (χ0v) is 13.7. The Kier molecular flexibility index (Phi) is 8.98. The number of hydrogen-bond acceptors (Lipinski definition) is 5. The summed E-state index contributed by atoms with van der Waals surface area (Å²) >= 11 is 1.47. The van der Waals surface area contributed by atoms with Gasteiger partial charge in [0, 0.05) is 18.8 Å². The van der Waals surface area contributed by atoms with E-state index in [2.05, 4.69) is 10.6 Å². The zero-order chi connectivity index (χ0) is 17.8. The van der Waals surface area contributed by atoms with Crippen molar-refractivity contribution in [2.45, 2.75) is 5.75 Å². The van der Waals surface area contributed by atoms with Crippen molar-refractivity contribution >= 4 is 35.5 Å². The van der Waals surface area contributed by atoms with Crippen LogP contribution in [0.15, 0.2) is 30.3 Å². The third-order valence-corrected chi connectivity index (χ3v) is 3.69. The molecule has 0 aliphatic carbocycles. The second kappa shape index (κ2) is 11.1. The van der Waals surface area contributed by atoms with Gasteiger partial charge in [0.2, 0.25) is 5.91 Å². The van der Waals surface area contributed by atoms with Crippen molar-refractivity contribution in [3.8, 4) is 0 Å². The molecule has 8 nitrogen and oxygen atoms in total. The summed E-state index contributed by atoms with van der Waals surface area (Å²) in [6.45, 7) is -0.362. The fourth-order valence-electron chi connectivity index (χ4n) is 1.58. The van der Waals surface area contributed by atoms with Gasteiger partial charge in [-0.3, -0.25) is 19.2 Å². The predicted molar refractivity (Wildman–Crippen MR) is 89.3 cm³/mol. The number of carbonyl (C=O) groups is 4. The summed E-state index contributed by atoms with van der Waals surface area (Å²) < 4.78 is 0. The van der Waals surface area contributed by atoms with E-state index in [-0.39, 0.29) is 19.0 Å². The van der Waals surface area contributed by atoms with E-state index in [1.165, 1.54) is 11.8 Å². The van der Waals surface area contributed by atoms with Crippen LogP contribution < -0.4 is 16.0 Å². The Balaban J connectivity index is 2.07. The molecule has 130 valence electrons. The monoisotopic (exact) mass is 353 g/mol. The average Bonchev–Trinajstić information content (AvgIpc) is 2.57. The Bertz CT molecular complexity index is 580. The maximum Gasteiger partial charge on any atom is 0.322 e. The minimum absolute atomic E-state index is 0.0778. The molecule has 0 spiro atoms. The number of benzene rings is 1. The standard InChI is InChI=1S/C15H19N3O5S/c19-12(10-24-9-11-4-2-1-3-5-11)16-6-7-17-14(22)15(23)18-8-13(20)21/h1-5H,6-10H2,(H,16,19)(H,17,22)(H,18,23)(H,20,21). The van der Waals surface area contributed by atoms with Gasteiger partial charge >= 0.3 is 17.8 Å². The van der Waals surface area contributed by atoms with Crippen LogP contribution >= 0.6 is 11.8 Å². The van der Waals surface area contributed by atoms with Crippen LogP contribution in [-0.4, -0.2) is 54.2 Å². The molecule has 0 saturated heterocycles. The first-order chi connectivity index (χ1) is 11.5. The van der Waals surface area contributed by atoms with Crippen molar-refractivity contribution in [3.05, 3.63) is 35.9 Å². The topological polar surface area (TPSA) is 125 Å². The molecule has 0 aromatic heterocycles. The van der Waals surface area contributed by atoms with Crippen molar-refractivity contribution in [3.63, 3.8) is 0 Å². The number of rotatable bonds is 9. The quantitative estimate of drug-likeness (QED) is 0.345. The molecule has 0 heterocycles. The lowest BCUT2D eigenvalue weighted by molar-refractivity contribution is -0.142. The minimum Gasteiger partial charge on any atom is -0.480 e. The molecule has 0 fully saturated rings. The van der Waals surface area contributed by atoms with Crippen LogP contribution in [0.1, 0.15) is 5.56 Å². The summed E-state index contributed by atoms with van der Waals surface area (Å²) in [6.07, 6.45) is 0. The Morgan fingerprint density at radius 1 is 0.917 bits per heavy atom. The number of amides is 3. The number of nitrogens with one attached hydrogen (secondary N) is 3. The molecule has 3 amide bonds. The predicted octanol–water partition coefficient (Wildman–Crippen LogP) is -0.647. The van der Waals surface area contributed by atoms with E-state index in [1.54, 1.807) is 0 Å². The minimum atomic E-state index is -1.24. The molecule has 0 aliphatic heterocycles. The van der Waals surface area contributed by atoms with E-state index in [9.17, 15) is 19.2 Å². The lowest BCUT2D eigenvalue weighted by Gasteiger charge is -2.07. The van der Waals surface area contributed by atoms with Crippen LogP contribution in [0.5, 0.6) is 0 Å². The van der Waals surface area contributed by atoms with Crippen molar-refractivity contribution in [2.75, 3.05) is 25.4 Å². The van der Waals surface area contributed by atoms with E-state index < -0.39 is 24.3 Å². The second-order valence-electron chi connectivity index (χ2n) is 4.66. The average molecular weight is 353 g/mol. The van der Waals surface area contributed by atoms with Gasteiger partial charge in [-0.2, -0.15) is 0 Å². The molecule has 0 atom stereocenters. The summed E-state index contributed by atoms with van der Waals surface area (Å²) in [5, 5.41) is 15.2. The molecule has 24 heavy (non-hydrogen) atoms. The van der Waals surface area contributed by atoms with E-state index >= 15 is 0 Å². The Labute approximate surface area is 143 Å². The molecule has 1 aromatic rings. The van der Waals surface area contributed by atoms with E-state index in [0.29, 0.717) is 5.75 Å². The number of thioether (sulfide) groups is 1. The summed E-state index contributed by atoms with van der Waals surface area (Å²) in [5.74, 6) is -2.35. The van der Waals surface area contributed by atoms with Gasteiger partial charge in [-0.05, 0) is 5.56 Å². The van der Waals surface area contributed by atoms with Crippen molar-refractivity contribution in [1.29, 1.82) is 0 Å². The Morgan fingerprint density at radius 3 is 2.21 bits per heavy atom. The number of carboxylic acid groups (broad SMARTS) is 1. The highest BCUT2D eigenvalue weighted by molar-refractivity contribution is 7.99. The highest BCUT2D eigenvalue weighted by Crippen LogP contribution is 2.10. The first-order valence-corrected chi connectivity index (χ1v) is 8.30. The van der Waals surface area contributed by atoms with Gasteiger partial charge in [-0.15, -0.1) is 11.8 Å². The first-order valence-electron chi connectivity index (χ1n) is 7.15. The smallest absolute Gasteiger partial charge is 0.322 e. The molecular formula is C15H19N3O5S. The Hall–Kier alpha value is -2.55. The van der Waals surface area contributed by atoms with E-state index in [1.807, 2.05) is 35.6 Å². The molecule has 0 saturated carbocycles. The van der Waals surface area contributed by atoms with Gasteiger partial charge < -0.3 is 21.1 Å². The van der Waals surface area contributed by atoms with Crippen molar-refractivity contribution in [2.24, 2.45) is 0 Å². The van der Waals surface area contributed by atoms with Crippen LogP contribution in [0.2, 0.25) is 0 Å². The van der Waals surface area contributed by atoms with Gasteiger partial charge in [0.25, 0.3) is 0 Å². The molecule has 0 bridgehead atoms. The fourth-order valence-corrected chi connectivity index (χ4v) is 2.40. The number of carboxylic acids is 1. The highest BCUT2D eigenvalue weighted by atomic mass is 32.2. The number of carbonyl (C=O) groups excluding carboxylic acids is 3. The maximum absolute atomic E-state index is 11.6. The normalized spacial score (nSPS) is 9.83. The molecule has 4 N–H and O–H groups in total. The SMILES string of the molecule is O=C(O)CNC(=O)C(=O)NCCNC(=O)CSCc1ccccc1. The zero-order valence-electron chi connectivity index (χ0n) is 12.9. The fraction of sp³-hybridized carbons (Fsp3) is 0.333. The molecule has 1 rings (SSSR count). The van der Waals surface area contributed by atoms with Gasteiger partial charge in [-0.1, -0.05) is 30.3 Å². The van der Waals surface area contributed by atoms with Crippen molar-refractivity contribution in [1.82, 2.24) is 16.0 Å². The molecular weight excluding hydrogens is 334 g/mol. The van der Waals surface area contributed by atoms with E-state index in [4.69, 9.17) is 5.11 Å². The first kappa shape index (κ1) is 19.5. The third-order valence-electron chi connectivity index (χ3n) is 2.68. The second-order valence-corrected chi connectivity index (χ2v) is 5.65.